The number of halogens is 1. The molecular formula is C11H26IN. The third kappa shape index (κ3) is 5.89. The van der Waals surface area contributed by atoms with Crippen molar-refractivity contribution in [1.82, 2.24) is 0 Å². The summed E-state index contributed by atoms with van der Waals surface area (Å²) >= 11 is 0. The molecule has 82 valence electrons. The van der Waals surface area contributed by atoms with Crippen LogP contribution in [-0.4, -0.2) is 31.2 Å². The predicted octanol–water partition coefficient (Wildman–Crippen LogP) is 0.0555. The van der Waals surface area contributed by atoms with E-state index in [-0.39, 0.29) is 24.0 Å². The Bertz CT molecular complexity index is 125. The van der Waals surface area contributed by atoms with E-state index in [0.29, 0.717) is 5.54 Å². The fraction of sp³-hybridized carbons (Fsp3) is 1.00. The van der Waals surface area contributed by atoms with E-state index in [1.165, 1.54) is 25.7 Å². The molecule has 13 heavy (non-hydrogen) atoms. The number of hydrogen-bond donors (Lipinski definition) is 0. The van der Waals surface area contributed by atoms with Crippen molar-refractivity contribution in [2.75, 3.05) is 21.1 Å². The normalized spacial score (nSPS) is 12.5. The van der Waals surface area contributed by atoms with E-state index in [4.69, 9.17) is 0 Å². The van der Waals surface area contributed by atoms with Crippen LogP contribution in [0.1, 0.15) is 46.5 Å². The largest absolute Gasteiger partial charge is 1.00 e. The van der Waals surface area contributed by atoms with Crippen LogP contribution < -0.4 is 24.0 Å². The molecule has 0 aliphatic heterocycles. The van der Waals surface area contributed by atoms with Crippen molar-refractivity contribution in [3.63, 3.8) is 0 Å². The summed E-state index contributed by atoms with van der Waals surface area (Å²) in [4.78, 5) is 0. The number of hydrogen-bond acceptors (Lipinski definition) is 0. The Morgan fingerprint density at radius 2 is 1.46 bits per heavy atom. The molecule has 0 aromatic carbocycles. The van der Waals surface area contributed by atoms with Gasteiger partial charge in [-0.15, -0.1) is 0 Å². The summed E-state index contributed by atoms with van der Waals surface area (Å²) in [6, 6.07) is 0. The van der Waals surface area contributed by atoms with Crippen LogP contribution in [0, 0.1) is 0 Å². The summed E-state index contributed by atoms with van der Waals surface area (Å²) in [6.45, 7) is 6.99. The second-order valence-corrected chi connectivity index (χ2v) is 5.28. The molecule has 0 amide bonds. The van der Waals surface area contributed by atoms with Gasteiger partial charge in [-0.2, -0.15) is 0 Å². The van der Waals surface area contributed by atoms with E-state index in [0.717, 1.165) is 4.48 Å². The fourth-order valence-corrected chi connectivity index (χ4v) is 1.14. The predicted molar refractivity (Wildman–Crippen MR) is 56.3 cm³/mol. The second kappa shape index (κ2) is 6.23. The van der Waals surface area contributed by atoms with Crippen molar-refractivity contribution in [2.45, 2.75) is 52.0 Å². The molecule has 0 atom stereocenters. The van der Waals surface area contributed by atoms with Gasteiger partial charge in [0.15, 0.2) is 0 Å². The van der Waals surface area contributed by atoms with Gasteiger partial charge >= 0.3 is 0 Å². The van der Waals surface area contributed by atoms with E-state index >= 15 is 0 Å². The quantitative estimate of drug-likeness (QED) is 0.382. The molecular weight excluding hydrogens is 273 g/mol. The van der Waals surface area contributed by atoms with E-state index in [1.54, 1.807) is 0 Å². The lowest BCUT2D eigenvalue weighted by Gasteiger charge is -2.41. The molecule has 0 rings (SSSR count). The van der Waals surface area contributed by atoms with Crippen LogP contribution in [0.15, 0.2) is 0 Å². The zero-order chi connectivity index (χ0) is 9.83. The van der Waals surface area contributed by atoms with Crippen molar-refractivity contribution >= 4 is 0 Å². The highest BCUT2D eigenvalue weighted by molar-refractivity contribution is 4.67. The Morgan fingerprint density at radius 3 is 1.77 bits per heavy atom. The fourth-order valence-electron chi connectivity index (χ4n) is 1.14. The highest BCUT2D eigenvalue weighted by atomic mass is 127. The summed E-state index contributed by atoms with van der Waals surface area (Å²) in [5.41, 5.74) is 0.426. The molecule has 2 heteroatoms. The minimum Gasteiger partial charge on any atom is -1.00 e. The molecule has 0 aliphatic carbocycles. The minimum absolute atomic E-state index is 0. The van der Waals surface area contributed by atoms with Crippen LogP contribution in [0.3, 0.4) is 0 Å². The topological polar surface area (TPSA) is 0 Å². The van der Waals surface area contributed by atoms with Gasteiger partial charge in [-0.3, -0.25) is 0 Å². The van der Waals surface area contributed by atoms with Gasteiger partial charge in [0.25, 0.3) is 0 Å². The van der Waals surface area contributed by atoms with Crippen molar-refractivity contribution < 1.29 is 28.5 Å². The van der Waals surface area contributed by atoms with Crippen LogP contribution in [0.5, 0.6) is 0 Å². The van der Waals surface area contributed by atoms with Crippen LogP contribution in [-0.2, 0) is 0 Å². The maximum Gasteiger partial charge on any atom is 0.0929 e. The first kappa shape index (κ1) is 16.1. The van der Waals surface area contributed by atoms with Crippen molar-refractivity contribution in [3.8, 4) is 0 Å². The Balaban J connectivity index is 0. The van der Waals surface area contributed by atoms with Gasteiger partial charge in [-0.1, -0.05) is 19.8 Å². The third-order valence-corrected chi connectivity index (χ3v) is 3.21. The molecule has 0 heterocycles. The maximum absolute atomic E-state index is 2.36. The van der Waals surface area contributed by atoms with Crippen LogP contribution >= 0.6 is 0 Å². The average molecular weight is 299 g/mol. The number of rotatable bonds is 5. The highest BCUT2D eigenvalue weighted by Gasteiger charge is 2.31. The van der Waals surface area contributed by atoms with Crippen molar-refractivity contribution in [2.24, 2.45) is 0 Å². The standard InChI is InChI=1S/C11H26N.HI/c1-7-8-9-10-11(2,3)12(4,5)6;/h7-10H2,1-6H3;1H/q+1;/p-1. The molecule has 0 saturated heterocycles. The van der Waals surface area contributed by atoms with Gasteiger partial charge in [-0.05, 0) is 20.3 Å². The molecule has 0 bridgehead atoms. The van der Waals surface area contributed by atoms with Gasteiger partial charge in [0.05, 0.1) is 26.7 Å². The van der Waals surface area contributed by atoms with Crippen molar-refractivity contribution in [1.29, 1.82) is 0 Å². The number of unbranched alkanes of at least 4 members (excludes halogenated alkanes) is 2. The van der Waals surface area contributed by atoms with Crippen LogP contribution in [0.4, 0.5) is 0 Å². The van der Waals surface area contributed by atoms with Gasteiger partial charge in [0, 0.05) is 6.42 Å². The Labute approximate surface area is 102 Å². The first-order valence-corrected chi connectivity index (χ1v) is 5.13. The lowest BCUT2D eigenvalue weighted by atomic mass is 9.93. The van der Waals surface area contributed by atoms with Gasteiger partial charge in [0.2, 0.25) is 0 Å². The lowest BCUT2D eigenvalue weighted by molar-refractivity contribution is -0.920. The molecule has 0 unspecified atom stereocenters. The molecule has 0 aliphatic rings. The highest BCUT2D eigenvalue weighted by Crippen LogP contribution is 2.24. The summed E-state index contributed by atoms with van der Waals surface area (Å²) in [5.74, 6) is 0. The summed E-state index contributed by atoms with van der Waals surface area (Å²) < 4.78 is 1.07. The SMILES string of the molecule is CCCCCC(C)(C)[N+](C)(C)C.[I-]. The van der Waals surface area contributed by atoms with Gasteiger partial charge in [0.1, 0.15) is 0 Å². The molecule has 0 saturated carbocycles. The average Bonchev–Trinajstić information content (AvgIpc) is 1.85. The molecule has 0 N–H and O–H groups in total. The van der Waals surface area contributed by atoms with Gasteiger partial charge < -0.3 is 28.5 Å². The third-order valence-electron chi connectivity index (χ3n) is 3.21. The van der Waals surface area contributed by atoms with E-state index < -0.39 is 0 Å². The van der Waals surface area contributed by atoms with Gasteiger partial charge in [-0.25, -0.2) is 0 Å². The first-order valence-electron chi connectivity index (χ1n) is 5.13. The van der Waals surface area contributed by atoms with E-state index in [1.807, 2.05) is 0 Å². The monoisotopic (exact) mass is 299 g/mol. The molecule has 0 aromatic rings. The summed E-state index contributed by atoms with van der Waals surface area (Å²) in [6.07, 6.45) is 5.42. The molecule has 0 aromatic heterocycles. The zero-order valence-electron chi connectivity index (χ0n) is 10.2. The number of nitrogens with zero attached hydrogens (tertiary/aromatic N) is 1. The van der Waals surface area contributed by atoms with E-state index in [2.05, 4.69) is 41.9 Å². The van der Waals surface area contributed by atoms with E-state index in [9.17, 15) is 0 Å². The zero-order valence-corrected chi connectivity index (χ0v) is 12.3. The maximum atomic E-state index is 2.36. The molecule has 0 spiro atoms. The number of quaternary nitrogens is 1. The van der Waals surface area contributed by atoms with Crippen molar-refractivity contribution in [3.05, 3.63) is 0 Å². The first-order chi connectivity index (χ1) is 5.31. The Morgan fingerprint density at radius 1 is 1.00 bits per heavy atom. The second-order valence-electron chi connectivity index (χ2n) is 5.28. The molecule has 0 radical (unpaired) electrons. The molecule has 1 nitrogen and oxygen atoms in total. The summed E-state index contributed by atoms with van der Waals surface area (Å²) in [5, 5.41) is 0. The minimum atomic E-state index is 0. The molecule has 0 fully saturated rings. The van der Waals surface area contributed by atoms with Crippen LogP contribution in [0.25, 0.3) is 0 Å². The smallest absolute Gasteiger partial charge is 0.0929 e. The van der Waals surface area contributed by atoms with Crippen LogP contribution in [0.2, 0.25) is 0 Å². The Kier molecular flexibility index (Phi) is 7.73. The Hall–Kier alpha value is 0.690. The summed E-state index contributed by atoms with van der Waals surface area (Å²) in [7, 11) is 6.85. The lowest BCUT2D eigenvalue weighted by Crippen LogP contribution is -3.00.